The van der Waals surface area contributed by atoms with Crippen LogP contribution < -0.4 is 0 Å². The first kappa shape index (κ1) is 14.3. The molecule has 0 radical (unpaired) electrons. The van der Waals surface area contributed by atoms with Crippen molar-refractivity contribution in [2.24, 2.45) is 0 Å². The van der Waals surface area contributed by atoms with Crippen LogP contribution in [0.2, 0.25) is 0 Å². The van der Waals surface area contributed by atoms with Gasteiger partial charge in [-0.1, -0.05) is 43.3 Å². The van der Waals surface area contributed by atoms with Crippen molar-refractivity contribution in [3.05, 3.63) is 66.0 Å². The summed E-state index contributed by atoms with van der Waals surface area (Å²) in [5.41, 5.74) is 2.11. The molecule has 0 saturated carbocycles. The van der Waals surface area contributed by atoms with Crippen molar-refractivity contribution in [1.29, 1.82) is 0 Å². The van der Waals surface area contributed by atoms with Crippen LogP contribution in [0.1, 0.15) is 37.3 Å². The van der Waals surface area contributed by atoms with Crippen LogP contribution in [0.4, 0.5) is 0 Å². The Labute approximate surface area is 119 Å². The van der Waals surface area contributed by atoms with Crippen LogP contribution in [0.25, 0.3) is 0 Å². The standard InChI is InChI=1S/C17H19NO2/c1-17(11-5-10-16(19)20,14-7-3-2-4-8-14)15-9-6-12-18-13-15/h2-4,6-9,12-13H,5,10-11H2,1H3,(H,19,20). The topological polar surface area (TPSA) is 50.2 Å². The van der Waals surface area contributed by atoms with Crippen molar-refractivity contribution in [3.8, 4) is 0 Å². The average Bonchev–Trinajstić information content (AvgIpc) is 2.48. The lowest BCUT2D eigenvalue weighted by atomic mass is 9.73. The van der Waals surface area contributed by atoms with Crippen LogP contribution in [0.3, 0.4) is 0 Å². The zero-order valence-corrected chi connectivity index (χ0v) is 11.6. The fourth-order valence-corrected chi connectivity index (χ4v) is 2.54. The quantitative estimate of drug-likeness (QED) is 0.871. The summed E-state index contributed by atoms with van der Waals surface area (Å²) >= 11 is 0. The Hall–Kier alpha value is -2.16. The molecule has 1 atom stereocenters. The third kappa shape index (κ3) is 3.23. The highest BCUT2D eigenvalue weighted by Gasteiger charge is 2.28. The lowest BCUT2D eigenvalue weighted by Crippen LogP contribution is -2.24. The molecule has 0 fully saturated rings. The second-order valence-electron chi connectivity index (χ2n) is 5.19. The van der Waals surface area contributed by atoms with Gasteiger partial charge in [-0.05, 0) is 30.0 Å². The van der Waals surface area contributed by atoms with E-state index >= 15 is 0 Å². The van der Waals surface area contributed by atoms with Gasteiger partial charge in [-0.15, -0.1) is 0 Å². The molecule has 1 aromatic heterocycles. The number of nitrogens with zero attached hydrogens (tertiary/aromatic N) is 1. The highest BCUT2D eigenvalue weighted by atomic mass is 16.4. The Morgan fingerprint density at radius 1 is 1.15 bits per heavy atom. The van der Waals surface area contributed by atoms with Gasteiger partial charge in [0.15, 0.2) is 0 Å². The van der Waals surface area contributed by atoms with Gasteiger partial charge in [0.1, 0.15) is 0 Å². The number of hydrogen-bond acceptors (Lipinski definition) is 2. The maximum absolute atomic E-state index is 10.7. The van der Waals surface area contributed by atoms with E-state index < -0.39 is 5.97 Å². The average molecular weight is 269 g/mol. The first-order chi connectivity index (χ1) is 9.63. The molecule has 0 bridgehead atoms. The Bertz CT molecular complexity index is 512. The highest BCUT2D eigenvalue weighted by molar-refractivity contribution is 5.66. The number of rotatable bonds is 6. The number of aromatic nitrogens is 1. The van der Waals surface area contributed by atoms with E-state index in [0.717, 1.165) is 12.0 Å². The molecule has 0 amide bonds. The first-order valence-electron chi connectivity index (χ1n) is 6.81. The maximum Gasteiger partial charge on any atom is 0.303 e. The maximum atomic E-state index is 10.7. The Kier molecular flexibility index (Phi) is 4.51. The summed E-state index contributed by atoms with van der Waals surface area (Å²) in [6.45, 7) is 2.15. The minimum absolute atomic E-state index is 0.197. The van der Waals surface area contributed by atoms with Crippen LogP contribution in [0.5, 0.6) is 0 Å². The van der Waals surface area contributed by atoms with Gasteiger partial charge in [-0.2, -0.15) is 0 Å². The third-order valence-corrected chi connectivity index (χ3v) is 3.78. The van der Waals surface area contributed by atoms with Crippen molar-refractivity contribution in [2.75, 3.05) is 0 Å². The second kappa shape index (κ2) is 6.33. The SMILES string of the molecule is CC(CCCC(=O)O)(c1ccccc1)c1cccnc1. The molecular formula is C17H19NO2. The van der Waals surface area contributed by atoms with Crippen molar-refractivity contribution in [2.45, 2.75) is 31.6 Å². The normalized spacial score (nSPS) is 13.7. The van der Waals surface area contributed by atoms with E-state index in [1.54, 1.807) is 6.20 Å². The van der Waals surface area contributed by atoms with Crippen molar-refractivity contribution >= 4 is 5.97 Å². The van der Waals surface area contributed by atoms with Gasteiger partial charge in [0, 0.05) is 24.2 Å². The number of carboxylic acids is 1. The minimum Gasteiger partial charge on any atom is -0.481 e. The summed E-state index contributed by atoms with van der Waals surface area (Å²) in [7, 11) is 0. The smallest absolute Gasteiger partial charge is 0.303 e. The number of pyridine rings is 1. The van der Waals surface area contributed by atoms with E-state index in [0.29, 0.717) is 6.42 Å². The monoisotopic (exact) mass is 269 g/mol. The summed E-state index contributed by atoms with van der Waals surface area (Å²) in [4.78, 5) is 14.9. The summed E-state index contributed by atoms with van der Waals surface area (Å²) in [5.74, 6) is -0.744. The molecule has 1 heterocycles. The molecule has 3 heteroatoms. The van der Waals surface area contributed by atoms with Crippen molar-refractivity contribution < 1.29 is 9.90 Å². The van der Waals surface area contributed by atoms with Gasteiger partial charge in [0.05, 0.1) is 0 Å². The van der Waals surface area contributed by atoms with Crippen molar-refractivity contribution in [3.63, 3.8) is 0 Å². The lowest BCUT2D eigenvalue weighted by Gasteiger charge is -2.30. The molecule has 0 aliphatic rings. The molecule has 104 valence electrons. The predicted molar refractivity (Wildman–Crippen MR) is 78.6 cm³/mol. The van der Waals surface area contributed by atoms with Crippen LogP contribution in [0, 0.1) is 0 Å². The molecule has 1 aromatic carbocycles. The van der Waals surface area contributed by atoms with E-state index in [1.807, 2.05) is 30.5 Å². The molecule has 1 unspecified atom stereocenters. The fraction of sp³-hybridized carbons (Fsp3) is 0.294. The van der Waals surface area contributed by atoms with Gasteiger partial charge in [0.2, 0.25) is 0 Å². The van der Waals surface area contributed by atoms with E-state index in [2.05, 4.69) is 30.1 Å². The predicted octanol–water partition coefficient (Wildman–Crippen LogP) is 3.64. The fourth-order valence-electron chi connectivity index (χ4n) is 2.54. The van der Waals surface area contributed by atoms with Gasteiger partial charge >= 0.3 is 5.97 Å². The van der Waals surface area contributed by atoms with Crippen molar-refractivity contribution in [1.82, 2.24) is 4.98 Å². The zero-order valence-electron chi connectivity index (χ0n) is 11.6. The second-order valence-corrected chi connectivity index (χ2v) is 5.19. The van der Waals surface area contributed by atoms with Gasteiger partial charge in [-0.25, -0.2) is 0 Å². The highest BCUT2D eigenvalue weighted by Crippen LogP contribution is 2.36. The first-order valence-corrected chi connectivity index (χ1v) is 6.81. The van der Waals surface area contributed by atoms with Crippen LogP contribution >= 0.6 is 0 Å². The summed E-state index contributed by atoms with van der Waals surface area (Å²) in [5, 5.41) is 8.84. The molecule has 0 aliphatic heterocycles. The summed E-state index contributed by atoms with van der Waals surface area (Å²) in [6.07, 6.45) is 5.26. The van der Waals surface area contributed by atoms with Crippen LogP contribution in [-0.4, -0.2) is 16.1 Å². The van der Waals surface area contributed by atoms with Crippen LogP contribution in [-0.2, 0) is 10.2 Å². The van der Waals surface area contributed by atoms with E-state index in [9.17, 15) is 4.79 Å². The molecule has 1 N–H and O–H groups in total. The molecule has 20 heavy (non-hydrogen) atoms. The number of hydrogen-bond donors (Lipinski definition) is 1. The summed E-state index contributed by atoms with van der Waals surface area (Å²) in [6, 6.07) is 14.2. The summed E-state index contributed by atoms with van der Waals surface area (Å²) < 4.78 is 0. The Balaban J connectivity index is 2.31. The molecule has 0 saturated heterocycles. The zero-order chi connectivity index (χ0) is 14.4. The lowest BCUT2D eigenvalue weighted by molar-refractivity contribution is -0.137. The van der Waals surface area contributed by atoms with E-state index in [4.69, 9.17) is 5.11 Å². The van der Waals surface area contributed by atoms with E-state index in [1.165, 1.54) is 5.56 Å². The Morgan fingerprint density at radius 2 is 1.85 bits per heavy atom. The van der Waals surface area contributed by atoms with Gasteiger partial charge in [-0.3, -0.25) is 9.78 Å². The molecular weight excluding hydrogens is 250 g/mol. The molecule has 2 rings (SSSR count). The van der Waals surface area contributed by atoms with E-state index in [-0.39, 0.29) is 11.8 Å². The number of aliphatic carboxylic acids is 1. The number of benzene rings is 1. The van der Waals surface area contributed by atoms with Gasteiger partial charge < -0.3 is 5.11 Å². The number of carboxylic acid groups (broad SMARTS) is 1. The molecule has 0 aliphatic carbocycles. The van der Waals surface area contributed by atoms with Gasteiger partial charge in [0.25, 0.3) is 0 Å². The third-order valence-electron chi connectivity index (χ3n) is 3.78. The number of carbonyl (C=O) groups is 1. The largest absolute Gasteiger partial charge is 0.481 e. The molecule has 3 nitrogen and oxygen atoms in total. The molecule has 2 aromatic rings. The van der Waals surface area contributed by atoms with Crippen LogP contribution in [0.15, 0.2) is 54.9 Å². The molecule has 0 spiro atoms. The Morgan fingerprint density at radius 3 is 2.45 bits per heavy atom. The minimum atomic E-state index is -0.744.